The molecule has 0 saturated heterocycles. The highest BCUT2D eigenvalue weighted by molar-refractivity contribution is 7.07. The quantitative estimate of drug-likeness (QED) is 0.695. The van der Waals surface area contributed by atoms with E-state index in [2.05, 4.69) is 15.6 Å². The fourth-order valence-electron chi connectivity index (χ4n) is 1.42. The van der Waals surface area contributed by atoms with Gasteiger partial charge in [-0.25, -0.2) is 14.6 Å². The summed E-state index contributed by atoms with van der Waals surface area (Å²) < 4.78 is 0. The molecule has 1 atom stereocenters. The molecule has 1 aromatic heterocycles. The van der Waals surface area contributed by atoms with Crippen LogP contribution in [0.4, 0.5) is 4.79 Å². The van der Waals surface area contributed by atoms with Gasteiger partial charge in [0.15, 0.2) is 0 Å². The zero-order valence-electron chi connectivity index (χ0n) is 10.2. The summed E-state index contributed by atoms with van der Waals surface area (Å²) in [5, 5.41) is 15.8. The van der Waals surface area contributed by atoms with Crippen molar-refractivity contribution in [1.82, 2.24) is 15.6 Å². The van der Waals surface area contributed by atoms with E-state index < -0.39 is 18.0 Å². The van der Waals surface area contributed by atoms with Crippen molar-refractivity contribution in [2.45, 2.75) is 32.2 Å². The zero-order valence-corrected chi connectivity index (χ0v) is 11.0. The third kappa shape index (κ3) is 5.13. The van der Waals surface area contributed by atoms with E-state index in [-0.39, 0.29) is 0 Å². The maximum atomic E-state index is 11.5. The molecule has 1 heterocycles. The number of thiazole rings is 1. The molecular weight excluding hydrogens is 254 g/mol. The Bertz CT molecular complexity index is 381. The number of carboxylic acids is 1. The van der Waals surface area contributed by atoms with Crippen LogP contribution in [0.1, 0.15) is 25.5 Å². The van der Waals surface area contributed by atoms with Crippen LogP contribution >= 0.6 is 11.3 Å². The maximum Gasteiger partial charge on any atom is 0.326 e. The van der Waals surface area contributed by atoms with Gasteiger partial charge < -0.3 is 15.7 Å². The van der Waals surface area contributed by atoms with Crippen LogP contribution in [0.25, 0.3) is 0 Å². The Morgan fingerprint density at radius 2 is 2.33 bits per heavy atom. The van der Waals surface area contributed by atoms with E-state index in [0.29, 0.717) is 25.8 Å². The highest BCUT2D eigenvalue weighted by Crippen LogP contribution is 2.00. The number of nitrogens with one attached hydrogen (secondary N) is 2. The number of hydrogen-bond donors (Lipinski definition) is 3. The van der Waals surface area contributed by atoms with E-state index in [1.54, 1.807) is 5.51 Å². The molecule has 0 radical (unpaired) electrons. The lowest BCUT2D eigenvalue weighted by molar-refractivity contribution is -0.139. The van der Waals surface area contributed by atoms with Crippen LogP contribution < -0.4 is 10.6 Å². The van der Waals surface area contributed by atoms with Gasteiger partial charge in [0.2, 0.25) is 0 Å². The number of rotatable bonds is 7. The molecule has 0 aliphatic heterocycles. The summed E-state index contributed by atoms with van der Waals surface area (Å²) in [7, 11) is 0. The summed E-state index contributed by atoms with van der Waals surface area (Å²) in [6.07, 6.45) is 1.77. The highest BCUT2D eigenvalue weighted by atomic mass is 32.1. The number of aromatic nitrogens is 1. The number of carboxylic acid groups (broad SMARTS) is 1. The topological polar surface area (TPSA) is 91.3 Å². The van der Waals surface area contributed by atoms with Crippen molar-refractivity contribution in [2.24, 2.45) is 0 Å². The number of aliphatic carboxylic acids is 1. The predicted molar refractivity (Wildman–Crippen MR) is 68.7 cm³/mol. The summed E-state index contributed by atoms with van der Waals surface area (Å²) in [6, 6.07) is -1.28. The number of urea groups is 1. The summed E-state index contributed by atoms with van der Waals surface area (Å²) in [5.41, 5.74) is 2.65. The highest BCUT2D eigenvalue weighted by Gasteiger charge is 2.18. The van der Waals surface area contributed by atoms with Gasteiger partial charge in [-0.1, -0.05) is 13.3 Å². The van der Waals surface area contributed by atoms with Crippen LogP contribution in [0.15, 0.2) is 10.9 Å². The minimum absolute atomic E-state index is 0.425. The lowest BCUT2D eigenvalue weighted by Crippen LogP contribution is -2.46. The van der Waals surface area contributed by atoms with Gasteiger partial charge in [-0.05, 0) is 6.42 Å². The van der Waals surface area contributed by atoms with E-state index in [4.69, 9.17) is 5.11 Å². The molecule has 1 unspecified atom stereocenters. The normalized spacial score (nSPS) is 11.8. The second-order valence-corrected chi connectivity index (χ2v) is 4.53. The van der Waals surface area contributed by atoms with Gasteiger partial charge in [0.25, 0.3) is 0 Å². The number of amides is 2. The lowest BCUT2D eigenvalue weighted by atomic mass is 10.2. The first-order valence-electron chi connectivity index (χ1n) is 5.77. The molecule has 100 valence electrons. The fraction of sp³-hybridized carbons (Fsp3) is 0.545. The number of hydrogen-bond acceptors (Lipinski definition) is 4. The Morgan fingerprint density at radius 1 is 1.56 bits per heavy atom. The molecule has 0 aromatic carbocycles. The second-order valence-electron chi connectivity index (χ2n) is 3.81. The summed E-state index contributed by atoms with van der Waals surface area (Å²) in [6.45, 7) is 2.31. The Morgan fingerprint density at radius 3 is 2.89 bits per heavy atom. The van der Waals surface area contributed by atoms with Gasteiger partial charge in [-0.3, -0.25) is 0 Å². The van der Waals surface area contributed by atoms with Gasteiger partial charge in [-0.15, -0.1) is 11.3 Å². The molecule has 0 aliphatic carbocycles. The molecule has 0 bridgehead atoms. The predicted octanol–water partition coefficient (Wildman–Crippen LogP) is 1.24. The van der Waals surface area contributed by atoms with Gasteiger partial charge in [0.05, 0.1) is 11.2 Å². The Balaban J connectivity index is 2.25. The molecular formula is C11H17N3O3S. The molecule has 0 spiro atoms. The molecule has 6 nitrogen and oxygen atoms in total. The van der Waals surface area contributed by atoms with Gasteiger partial charge in [0.1, 0.15) is 6.04 Å². The first-order chi connectivity index (χ1) is 8.63. The average molecular weight is 271 g/mol. The summed E-state index contributed by atoms with van der Waals surface area (Å²) in [5.74, 6) is -1.01. The molecule has 3 N–H and O–H groups in total. The van der Waals surface area contributed by atoms with Crippen LogP contribution in [-0.2, 0) is 11.2 Å². The molecule has 0 fully saturated rings. The van der Waals surface area contributed by atoms with E-state index in [0.717, 1.165) is 5.69 Å². The number of carbonyl (C=O) groups excluding carboxylic acids is 1. The zero-order chi connectivity index (χ0) is 13.4. The number of nitrogens with zero attached hydrogens (tertiary/aromatic N) is 1. The van der Waals surface area contributed by atoms with Gasteiger partial charge >= 0.3 is 12.0 Å². The van der Waals surface area contributed by atoms with Crippen molar-refractivity contribution in [3.63, 3.8) is 0 Å². The molecule has 0 saturated carbocycles. The average Bonchev–Trinajstić information content (AvgIpc) is 2.81. The minimum atomic E-state index is -1.01. The summed E-state index contributed by atoms with van der Waals surface area (Å²) in [4.78, 5) is 26.4. The minimum Gasteiger partial charge on any atom is -0.480 e. The van der Waals surface area contributed by atoms with Crippen molar-refractivity contribution in [2.75, 3.05) is 6.54 Å². The van der Waals surface area contributed by atoms with Crippen molar-refractivity contribution in [1.29, 1.82) is 0 Å². The van der Waals surface area contributed by atoms with Crippen LogP contribution in [-0.4, -0.2) is 34.7 Å². The molecule has 2 amide bonds. The van der Waals surface area contributed by atoms with Crippen molar-refractivity contribution >= 4 is 23.3 Å². The van der Waals surface area contributed by atoms with Crippen molar-refractivity contribution < 1.29 is 14.7 Å². The molecule has 18 heavy (non-hydrogen) atoms. The monoisotopic (exact) mass is 271 g/mol. The fourth-order valence-corrected chi connectivity index (χ4v) is 2.01. The molecule has 7 heteroatoms. The molecule has 0 aliphatic rings. The first kappa shape index (κ1) is 14.4. The van der Waals surface area contributed by atoms with Crippen LogP contribution in [0.5, 0.6) is 0 Å². The lowest BCUT2D eigenvalue weighted by Gasteiger charge is -2.13. The second kappa shape index (κ2) is 7.65. The summed E-state index contributed by atoms with van der Waals surface area (Å²) >= 11 is 1.50. The standard InChI is InChI=1S/C11H17N3O3S/c1-2-3-9(10(15)16)14-11(17)12-5-4-8-6-18-7-13-8/h6-7,9H,2-5H2,1H3,(H,15,16)(H2,12,14,17). The molecule has 1 aromatic rings. The van der Waals surface area contributed by atoms with Gasteiger partial charge in [-0.2, -0.15) is 0 Å². The van der Waals surface area contributed by atoms with E-state index >= 15 is 0 Å². The number of carbonyl (C=O) groups is 2. The maximum absolute atomic E-state index is 11.5. The third-order valence-corrected chi connectivity index (χ3v) is 2.97. The Kier molecular flexibility index (Phi) is 6.13. The van der Waals surface area contributed by atoms with E-state index in [9.17, 15) is 9.59 Å². The largest absolute Gasteiger partial charge is 0.480 e. The first-order valence-corrected chi connectivity index (χ1v) is 6.72. The smallest absolute Gasteiger partial charge is 0.326 e. The van der Waals surface area contributed by atoms with Gasteiger partial charge in [0, 0.05) is 18.3 Å². The third-order valence-electron chi connectivity index (χ3n) is 2.33. The molecule has 1 rings (SSSR count). The SMILES string of the molecule is CCCC(NC(=O)NCCc1cscn1)C(=O)O. The van der Waals surface area contributed by atoms with Crippen LogP contribution in [0.2, 0.25) is 0 Å². The van der Waals surface area contributed by atoms with Crippen molar-refractivity contribution in [3.8, 4) is 0 Å². The van der Waals surface area contributed by atoms with E-state index in [1.807, 2.05) is 12.3 Å². The Hall–Kier alpha value is -1.63. The van der Waals surface area contributed by atoms with E-state index in [1.165, 1.54) is 11.3 Å². The Labute approximate surface area is 109 Å². The van der Waals surface area contributed by atoms with Crippen LogP contribution in [0, 0.1) is 0 Å². The van der Waals surface area contributed by atoms with Crippen LogP contribution in [0.3, 0.4) is 0 Å². The van der Waals surface area contributed by atoms with Crippen molar-refractivity contribution in [3.05, 3.63) is 16.6 Å².